The van der Waals surface area contributed by atoms with Gasteiger partial charge in [-0.25, -0.2) is 9.59 Å². The number of esters is 1. The largest absolute Gasteiger partial charge is 0.459 e. The first-order chi connectivity index (χ1) is 16.7. The first kappa shape index (κ1) is 26.3. The number of carbonyl (C=O) groups is 3. The van der Waals surface area contributed by atoms with Crippen LogP contribution < -0.4 is 10.6 Å². The van der Waals surface area contributed by atoms with Crippen LogP contribution in [0.3, 0.4) is 0 Å². The molecule has 0 heterocycles. The normalized spacial score (nSPS) is 18.7. The van der Waals surface area contributed by atoms with E-state index in [1.165, 1.54) is 0 Å². The highest BCUT2D eigenvalue weighted by Gasteiger charge is 2.31. The van der Waals surface area contributed by atoms with Gasteiger partial charge in [0.25, 0.3) is 0 Å². The lowest BCUT2D eigenvalue weighted by Gasteiger charge is -2.30. The van der Waals surface area contributed by atoms with Crippen molar-refractivity contribution < 1.29 is 23.9 Å². The lowest BCUT2D eigenvalue weighted by Crippen LogP contribution is -2.47. The van der Waals surface area contributed by atoms with Crippen molar-refractivity contribution in [2.75, 3.05) is 0 Å². The monoisotopic (exact) mass is 480 g/mol. The molecule has 2 amide bonds. The number of hydrogen-bond donors (Lipinski definition) is 2. The van der Waals surface area contributed by atoms with Crippen molar-refractivity contribution in [1.82, 2.24) is 10.6 Å². The fourth-order valence-corrected chi connectivity index (χ4v) is 4.14. The zero-order chi connectivity index (χ0) is 25.3. The van der Waals surface area contributed by atoms with Gasteiger partial charge in [-0.1, -0.05) is 60.7 Å². The van der Waals surface area contributed by atoms with Gasteiger partial charge in [0.1, 0.15) is 18.2 Å². The smallest absolute Gasteiger partial charge is 0.407 e. The zero-order valence-electron chi connectivity index (χ0n) is 20.8. The van der Waals surface area contributed by atoms with Crippen molar-refractivity contribution in [3.8, 4) is 0 Å². The van der Waals surface area contributed by atoms with E-state index >= 15 is 0 Å². The van der Waals surface area contributed by atoms with E-state index in [9.17, 15) is 14.4 Å². The Kier molecular flexibility index (Phi) is 9.29. The van der Waals surface area contributed by atoms with Crippen molar-refractivity contribution in [1.29, 1.82) is 0 Å². The quantitative estimate of drug-likeness (QED) is 0.541. The number of alkyl carbamates (subject to hydrolysis) is 1. The van der Waals surface area contributed by atoms with Crippen LogP contribution in [0, 0.1) is 5.92 Å². The highest BCUT2D eigenvalue weighted by molar-refractivity contribution is 5.86. The van der Waals surface area contributed by atoms with Gasteiger partial charge in [-0.15, -0.1) is 0 Å². The maximum absolute atomic E-state index is 13.1. The Hall–Kier alpha value is -3.35. The summed E-state index contributed by atoms with van der Waals surface area (Å²) in [5.41, 5.74) is 1.28. The summed E-state index contributed by atoms with van der Waals surface area (Å²) in [7, 11) is 0. The van der Waals surface area contributed by atoms with Crippen LogP contribution in [0.25, 0.3) is 0 Å². The van der Waals surface area contributed by atoms with Crippen LogP contribution >= 0.6 is 0 Å². The molecule has 1 aliphatic rings. The third-order valence-corrected chi connectivity index (χ3v) is 5.93. The molecule has 35 heavy (non-hydrogen) atoms. The zero-order valence-corrected chi connectivity index (χ0v) is 20.8. The Morgan fingerprint density at radius 2 is 1.46 bits per heavy atom. The van der Waals surface area contributed by atoms with Gasteiger partial charge in [0, 0.05) is 18.4 Å². The predicted octanol–water partition coefficient (Wildman–Crippen LogP) is 4.54. The van der Waals surface area contributed by atoms with Crippen LogP contribution in [0.5, 0.6) is 0 Å². The number of hydrogen-bond acceptors (Lipinski definition) is 5. The average Bonchev–Trinajstić information content (AvgIpc) is 2.82. The molecule has 0 radical (unpaired) electrons. The highest BCUT2D eigenvalue weighted by atomic mass is 16.6. The summed E-state index contributed by atoms with van der Waals surface area (Å²) in [6.07, 6.45) is 2.54. The highest BCUT2D eigenvalue weighted by Crippen LogP contribution is 2.25. The molecule has 0 bridgehead atoms. The minimum Gasteiger partial charge on any atom is -0.459 e. The van der Waals surface area contributed by atoms with E-state index in [1.807, 2.05) is 81.4 Å². The second-order valence-corrected chi connectivity index (χ2v) is 10.0. The molecule has 1 saturated carbocycles. The fraction of sp³-hybridized carbons (Fsp3) is 0.464. The summed E-state index contributed by atoms with van der Waals surface area (Å²) in [4.78, 5) is 38.0. The van der Waals surface area contributed by atoms with Crippen LogP contribution in [-0.4, -0.2) is 35.7 Å². The number of nitrogens with one attached hydrogen (secondary N) is 2. The van der Waals surface area contributed by atoms with Gasteiger partial charge in [-0.3, -0.25) is 4.79 Å². The van der Waals surface area contributed by atoms with Crippen LogP contribution in [-0.2, 0) is 32.1 Å². The van der Waals surface area contributed by atoms with E-state index in [0.29, 0.717) is 32.1 Å². The molecule has 2 aromatic carbocycles. The topological polar surface area (TPSA) is 93.7 Å². The summed E-state index contributed by atoms with van der Waals surface area (Å²) >= 11 is 0. The molecule has 1 unspecified atom stereocenters. The molecule has 1 fully saturated rings. The van der Waals surface area contributed by atoms with E-state index in [0.717, 1.165) is 11.1 Å². The molecule has 0 spiro atoms. The van der Waals surface area contributed by atoms with Crippen LogP contribution in [0.2, 0.25) is 0 Å². The van der Waals surface area contributed by atoms with Gasteiger partial charge in [0.15, 0.2) is 0 Å². The molecule has 188 valence electrons. The van der Waals surface area contributed by atoms with E-state index in [1.54, 1.807) is 0 Å². The number of carbonyl (C=O) groups excluding carboxylic acids is 3. The molecule has 0 aliphatic heterocycles. The maximum atomic E-state index is 13.1. The van der Waals surface area contributed by atoms with Crippen molar-refractivity contribution in [2.24, 2.45) is 5.92 Å². The van der Waals surface area contributed by atoms with E-state index in [4.69, 9.17) is 9.47 Å². The van der Waals surface area contributed by atoms with E-state index < -0.39 is 23.7 Å². The van der Waals surface area contributed by atoms with Crippen LogP contribution in [0.15, 0.2) is 60.7 Å². The van der Waals surface area contributed by atoms with Crippen molar-refractivity contribution >= 4 is 18.0 Å². The Morgan fingerprint density at radius 1 is 0.886 bits per heavy atom. The van der Waals surface area contributed by atoms with Gasteiger partial charge in [-0.2, -0.15) is 0 Å². The second kappa shape index (κ2) is 12.4. The van der Waals surface area contributed by atoms with E-state index in [-0.39, 0.29) is 24.5 Å². The molecular formula is C28H36N2O5. The third kappa shape index (κ3) is 9.08. The predicted molar refractivity (Wildman–Crippen MR) is 133 cm³/mol. The molecule has 2 aromatic rings. The first-order valence-electron chi connectivity index (χ1n) is 12.2. The number of amides is 2. The first-order valence-corrected chi connectivity index (χ1v) is 12.2. The summed E-state index contributed by atoms with van der Waals surface area (Å²) in [6, 6.07) is 18.2. The number of benzene rings is 2. The van der Waals surface area contributed by atoms with Crippen molar-refractivity contribution in [3.63, 3.8) is 0 Å². The van der Waals surface area contributed by atoms with Gasteiger partial charge < -0.3 is 20.1 Å². The summed E-state index contributed by atoms with van der Waals surface area (Å²) in [5, 5.41) is 5.82. The van der Waals surface area contributed by atoms with Crippen molar-refractivity contribution in [3.05, 3.63) is 71.8 Å². The van der Waals surface area contributed by atoms with Gasteiger partial charge in [0.05, 0.1) is 0 Å². The Labute approximate surface area is 207 Å². The third-order valence-electron chi connectivity index (χ3n) is 5.93. The summed E-state index contributed by atoms with van der Waals surface area (Å²) in [6.45, 7) is 5.63. The minimum absolute atomic E-state index is 0.0233. The van der Waals surface area contributed by atoms with Crippen molar-refractivity contribution in [2.45, 2.75) is 77.2 Å². The molecule has 1 atom stereocenters. The molecule has 2 N–H and O–H groups in total. The molecule has 1 aliphatic carbocycles. The summed E-state index contributed by atoms with van der Waals surface area (Å²) in [5.74, 6) is -0.823. The maximum Gasteiger partial charge on any atom is 0.407 e. The molecule has 0 saturated heterocycles. The minimum atomic E-state index is -0.772. The fourth-order valence-electron chi connectivity index (χ4n) is 4.14. The Morgan fingerprint density at radius 3 is 2.03 bits per heavy atom. The molecule has 3 rings (SSSR count). The number of rotatable bonds is 8. The van der Waals surface area contributed by atoms with Gasteiger partial charge >= 0.3 is 12.1 Å². The second-order valence-electron chi connectivity index (χ2n) is 10.0. The SMILES string of the molecule is CC(C)(C)OC(=O)N[C@H]1CC[C@H](C(=O)NC(Cc2ccccc2)C(=O)OCc2ccccc2)CC1. The lowest BCUT2D eigenvalue weighted by molar-refractivity contribution is -0.149. The molecular weight excluding hydrogens is 444 g/mol. The molecule has 7 heteroatoms. The number of ether oxygens (including phenoxy) is 2. The molecule has 7 nitrogen and oxygen atoms in total. The van der Waals surface area contributed by atoms with Crippen LogP contribution in [0.4, 0.5) is 4.79 Å². The van der Waals surface area contributed by atoms with Gasteiger partial charge in [0.2, 0.25) is 5.91 Å². The molecule has 0 aromatic heterocycles. The summed E-state index contributed by atoms with van der Waals surface area (Å²) < 4.78 is 10.9. The standard InChI is InChI=1S/C28H36N2O5/c1-28(2,3)35-27(33)29-23-16-14-22(15-17-23)25(31)30-24(18-20-10-6-4-7-11-20)26(32)34-19-21-12-8-5-9-13-21/h4-13,22-24H,14-19H2,1-3H3,(H,29,33)(H,30,31)/t22-,23-,24?. The average molecular weight is 481 g/mol. The van der Waals surface area contributed by atoms with Crippen LogP contribution in [0.1, 0.15) is 57.6 Å². The van der Waals surface area contributed by atoms with E-state index in [2.05, 4.69) is 10.6 Å². The lowest BCUT2D eigenvalue weighted by atomic mass is 9.85. The Bertz CT molecular complexity index is 964. The van der Waals surface area contributed by atoms with Gasteiger partial charge in [-0.05, 0) is 57.6 Å². The Balaban J connectivity index is 1.55.